The highest BCUT2D eigenvalue weighted by molar-refractivity contribution is 5.70. The van der Waals surface area contributed by atoms with Crippen LogP contribution in [0.3, 0.4) is 0 Å². The minimum Gasteiger partial charge on any atom is -0.491 e. The number of benzene rings is 1. The Balaban J connectivity index is 2.21. The van der Waals surface area contributed by atoms with E-state index in [-0.39, 0.29) is 6.42 Å². The Morgan fingerprint density at radius 3 is 2.89 bits per heavy atom. The maximum absolute atomic E-state index is 10.7. The average molecular weight is 259 g/mol. The summed E-state index contributed by atoms with van der Waals surface area (Å²) >= 11 is 0. The van der Waals surface area contributed by atoms with Gasteiger partial charge in [0.1, 0.15) is 5.75 Å². The van der Waals surface area contributed by atoms with Crippen LogP contribution in [0.1, 0.15) is 5.56 Å². The van der Waals surface area contributed by atoms with E-state index >= 15 is 0 Å². The molecule has 0 fully saturated rings. The number of carbonyl (C=O) groups is 1. The van der Waals surface area contributed by atoms with Crippen molar-refractivity contribution in [3.63, 3.8) is 0 Å². The summed E-state index contributed by atoms with van der Waals surface area (Å²) in [5, 5.41) is 8.76. The molecule has 1 heterocycles. The summed E-state index contributed by atoms with van der Waals surface area (Å²) in [6, 6.07) is 10.4. The molecule has 1 aromatic heterocycles. The van der Waals surface area contributed by atoms with E-state index in [2.05, 4.69) is 4.98 Å². The van der Waals surface area contributed by atoms with Crippen molar-refractivity contribution >= 4 is 5.97 Å². The van der Waals surface area contributed by atoms with E-state index in [1.54, 1.807) is 42.6 Å². The van der Waals surface area contributed by atoms with Crippen LogP contribution >= 0.6 is 0 Å². The highest BCUT2D eigenvalue weighted by Gasteiger charge is 2.07. The molecule has 0 bridgehead atoms. The number of aliphatic carboxylic acids is 1. The van der Waals surface area contributed by atoms with Crippen LogP contribution in [0.25, 0.3) is 0 Å². The van der Waals surface area contributed by atoms with Crippen LogP contribution in [-0.4, -0.2) is 23.2 Å². The third-order valence-corrected chi connectivity index (χ3v) is 2.42. The fourth-order valence-corrected chi connectivity index (χ4v) is 1.61. The van der Waals surface area contributed by atoms with Crippen molar-refractivity contribution in [2.45, 2.75) is 6.42 Å². The van der Waals surface area contributed by atoms with E-state index in [9.17, 15) is 4.79 Å². The van der Waals surface area contributed by atoms with Gasteiger partial charge in [-0.2, -0.15) is 0 Å². The van der Waals surface area contributed by atoms with Gasteiger partial charge in [-0.1, -0.05) is 12.1 Å². The molecule has 1 N–H and O–H groups in total. The number of hydrogen-bond acceptors (Lipinski definition) is 4. The van der Waals surface area contributed by atoms with Crippen molar-refractivity contribution in [1.29, 1.82) is 0 Å². The monoisotopic (exact) mass is 259 g/mol. The van der Waals surface area contributed by atoms with Crippen LogP contribution in [0.15, 0.2) is 42.6 Å². The summed E-state index contributed by atoms with van der Waals surface area (Å²) in [5.74, 6) is 0.506. The van der Waals surface area contributed by atoms with Gasteiger partial charge in [-0.25, -0.2) is 4.98 Å². The van der Waals surface area contributed by atoms with Gasteiger partial charge in [-0.15, -0.1) is 0 Å². The molecule has 0 aliphatic heterocycles. The van der Waals surface area contributed by atoms with Crippen LogP contribution in [0.4, 0.5) is 0 Å². The number of pyridine rings is 1. The molecular weight excluding hydrogens is 246 g/mol. The number of aromatic nitrogens is 1. The molecule has 98 valence electrons. The van der Waals surface area contributed by atoms with Crippen LogP contribution in [-0.2, 0) is 11.2 Å². The number of methoxy groups -OCH3 is 1. The Bertz CT molecular complexity index is 583. The lowest BCUT2D eigenvalue weighted by molar-refractivity contribution is -0.136. The molecule has 5 nitrogen and oxygen atoms in total. The minimum atomic E-state index is -0.882. The molecule has 1 aromatic carbocycles. The van der Waals surface area contributed by atoms with Gasteiger partial charge >= 0.3 is 5.97 Å². The second-order valence-electron chi connectivity index (χ2n) is 3.83. The van der Waals surface area contributed by atoms with Crippen molar-refractivity contribution in [3.05, 3.63) is 48.2 Å². The first-order valence-corrected chi connectivity index (χ1v) is 5.66. The van der Waals surface area contributed by atoms with Gasteiger partial charge in [0.05, 0.1) is 13.5 Å². The highest BCUT2D eigenvalue weighted by Crippen LogP contribution is 2.28. The third kappa shape index (κ3) is 3.45. The first-order valence-electron chi connectivity index (χ1n) is 5.66. The molecule has 0 saturated carbocycles. The summed E-state index contributed by atoms with van der Waals surface area (Å²) in [6.07, 6.45) is 1.55. The molecule has 0 atom stereocenters. The number of rotatable bonds is 5. The zero-order valence-corrected chi connectivity index (χ0v) is 10.4. The van der Waals surface area contributed by atoms with E-state index in [1.807, 2.05) is 0 Å². The lowest BCUT2D eigenvalue weighted by Gasteiger charge is -2.09. The summed E-state index contributed by atoms with van der Waals surface area (Å²) in [5.41, 5.74) is 0.667. The van der Waals surface area contributed by atoms with Crippen LogP contribution in [0.5, 0.6) is 17.4 Å². The maximum atomic E-state index is 10.7. The Kier molecular flexibility index (Phi) is 3.97. The van der Waals surface area contributed by atoms with Crippen molar-refractivity contribution in [2.75, 3.05) is 7.11 Å². The number of carboxylic acid groups (broad SMARTS) is 1. The minimum absolute atomic E-state index is 0.0451. The van der Waals surface area contributed by atoms with Crippen LogP contribution in [0, 0.1) is 0 Å². The summed E-state index contributed by atoms with van der Waals surface area (Å²) in [7, 11) is 1.53. The molecule has 5 heteroatoms. The second kappa shape index (κ2) is 5.86. The molecule has 0 spiro atoms. The molecule has 0 radical (unpaired) electrons. The predicted molar refractivity (Wildman–Crippen MR) is 68.6 cm³/mol. The molecule has 2 aromatic rings. The summed E-state index contributed by atoms with van der Waals surface area (Å²) in [6.45, 7) is 0. The maximum Gasteiger partial charge on any atom is 0.307 e. The average Bonchev–Trinajstić information content (AvgIpc) is 2.39. The lowest BCUT2D eigenvalue weighted by atomic mass is 10.1. The topological polar surface area (TPSA) is 68.7 Å². The van der Waals surface area contributed by atoms with E-state index in [4.69, 9.17) is 14.6 Å². The van der Waals surface area contributed by atoms with Gasteiger partial charge in [0, 0.05) is 6.20 Å². The fourth-order valence-electron chi connectivity index (χ4n) is 1.61. The smallest absolute Gasteiger partial charge is 0.307 e. The Morgan fingerprint density at radius 2 is 2.16 bits per heavy atom. The Hall–Kier alpha value is -2.56. The van der Waals surface area contributed by atoms with Gasteiger partial charge in [0.15, 0.2) is 5.75 Å². The molecular formula is C14H13NO4. The second-order valence-corrected chi connectivity index (χ2v) is 3.83. The van der Waals surface area contributed by atoms with Gasteiger partial charge in [-0.3, -0.25) is 4.79 Å². The van der Waals surface area contributed by atoms with Crippen molar-refractivity contribution in [2.24, 2.45) is 0 Å². The van der Waals surface area contributed by atoms with Crippen molar-refractivity contribution in [1.82, 2.24) is 4.98 Å². The van der Waals surface area contributed by atoms with Crippen molar-refractivity contribution in [3.8, 4) is 17.4 Å². The molecule has 0 aliphatic rings. The van der Waals surface area contributed by atoms with Gasteiger partial charge < -0.3 is 14.6 Å². The number of ether oxygens (including phenoxy) is 2. The molecule has 19 heavy (non-hydrogen) atoms. The number of carboxylic acids is 1. The zero-order chi connectivity index (χ0) is 13.7. The Morgan fingerprint density at radius 1 is 1.32 bits per heavy atom. The molecule has 2 rings (SSSR count). The van der Waals surface area contributed by atoms with E-state index in [1.165, 1.54) is 7.11 Å². The van der Waals surface area contributed by atoms with E-state index in [0.29, 0.717) is 22.9 Å². The third-order valence-electron chi connectivity index (χ3n) is 2.42. The van der Waals surface area contributed by atoms with Gasteiger partial charge in [0.25, 0.3) is 5.88 Å². The van der Waals surface area contributed by atoms with E-state index < -0.39 is 5.97 Å². The molecule has 0 amide bonds. The first kappa shape index (κ1) is 12.9. The number of nitrogens with zero attached hydrogens (tertiary/aromatic N) is 1. The standard InChI is InChI=1S/C14H13NO4/c1-18-12-6-3-7-15-14(12)19-11-5-2-4-10(8-11)9-13(16)17/h2-8H,9H2,1H3,(H,16,17). The largest absolute Gasteiger partial charge is 0.491 e. The predicted octanol–water partition coefficient (Wildman–Crippen LogP) is 2.51. The normalized spacial score (nSPS) is 9.95. The fraction of sp³-hybridized carbons (Fsp3) is 0.143. The summed E-state index contributed by atoms with van der Waals surface area (Å²) in [4.78, 5) is 14.7. The first-order chi connectivity index (χ1) is 9.19. The number of hydrogen-bond donors (Lipinski definition) is 1. The summed E-state index contributed by atoms with van der Waals surface area (Å²) < 4.78 is 10.7. The van der Waals surface area contributed by atoms with Crippen molar-refractivity contribution < 1.29 is 19.4 Å². The molecule has 0 saturated heterocycles. The van der Waals surface area contributed by atoms with Gasteiger partial charge in [-0.05, 0) is 29.8 Å². The molecule has 0 aliphatic carbocycles. The van der Waals surface area contributed by atoms with Gasteiger partial charge in [0.2, 0.25) is 0 Å². The van der Waals surface area contributed by atoms with Crippen LogP contribution in [0.2, 0.25) is 0 Å². The van der Waals surface area contributed by atoms with Crippen LogP contribution < -0.4 is 9.47 Å². The highest BCUT2D eigenvalue weighted by atomic mass is 16.5. The lowest BCUT2D eigenvalue weighted by Crippen LogP contribution is -2.00. The molecule has 0 unspecified atom stereocenters. The SMILES string of the molecule is COc1cccnc1Oc1cccc(CC(=O)O)c1. The quantitative estimate of drug-likeness (QED) is 0.893. The Labute approximate surface area is 110 Å². The zero-order valence-electron chi connectivity index (χ0n) is 10.4. The van der Waals surface area contributed by atoms with E-state index in [0.717, 1.165) is 0 Å².